The first kappa shape index (κ1) is 19.7. The van der Waals surface area contributed by atoms with Gasteiger partial charge in [-0.1, -0.05) is 78.5 Å². The topological polar surface area (TPSA) is 45.8 Å². The lowest BCUT2D eigenvalue weighted by atomic mass is 10.2. The summed E-state index contributed by atoms with van der Waals surface area (Å²) in [6.07, 6.45) is 1.92. The number of thiocarbonyl (C=S) groups is 1. The molecule has 5 nitrogen and oxygen atoms in total. The van der Waals surface area contributed by atoms with Gasteiger partial charge in [0.05, 0.1) is 5.69 Å². The van der Waals surface area contributed by atoms with Gasteiger partial charge in [0.15, 0.2) is 11.3 Å². The molecule has 0 saturated heterocycles. The first-order chi connectivity index (χ1) is 15.3. The summed E-state index contributed by atoms with van der Waals surface area (Å²) in [5, 5.41) is 9.97. The number of thioether (sulfide) groups is 1. The van der Waals surface area contributed by atoms with Crippen LogP contribution >= 0.6 is 24.0 Å². The monoisotopic (exact) mass is 441 g/mol. The van der Waals surface area contributed by atoms with Crippen LogP contribution in [0.15, 0.2) is 113 Å². The molecule has 4 aromatic rings. The molecule has 5 rings (SSSR count). The summed E-state index contributed by atoms with van der Waals surface area (Å²) in [4.78, 5) is 6.93. The predicted molar refractivity (Wildman–Crippen MR) is 130 cm³/mol. The van der Waals surface area contributed by atoms with Crippen molar-refractivity contribution < 1.29 is 0 Å². The molecule has 0 fully saturated rings. The van der Waals surface area contributed by atoms with Gasteiger partial charge in [-0.3, -0.25) is 9.47 Å². The Labute approximate surface area is 190 Å². The number of hydrogen-bond donors (Lipinski definition) is 0. The molecular weight excluding hydrogens is 422 g/mol. The lowest BCUT2D eigenvalue weighted by Gasteiger charge is -2.22. The van der Waals surface area contributed by atoms with Crippen LogP contribution in [0.4, 0.5) is 5.69 Å². The Bertz CT molecular complexity index is 1210. The maximum absolute atomic E-state index is 5.44. The van der Waals surface area contributed by atoms with Crippen LogP contribution in [0.1, 0.15) is 0 Å². The molecule has 0 aliphatic carbocycles. The van der Waals surface area contributed by atoms with Crippen molar-refractivity contribution in [1.82, 2.24) is 9.55 Å². The molecule has 0 spiro atoms. The average molecular weight is 442 g/mol. The van der Waals surface area contributed by atoms with Gasteiger partial charge in [-0.15, -0.1) is 5.11 Å². The van der Waals surface area contributed by atoms with Crippen molar-refractivity contribution in [2.45, 2.75) is 11.3 Å². The molecular formula is C24H19N5S2. The fourth-order valence-corrected chi connectivity index (χ4v) is 4.71. The quantitative estimate of drug-likeness (QED) is 0.263. The minimum atomic E-state index is -0.166. The molecule has 1 aromatic heterocycles. The van der Waals surface area contributed by atoms with Gasteiger partial charge in [-0.25, -0.2) is 4.98 Å². The molecule has 0 saturated carbocycles. The number of hydrogen-bond acceptors (Lipinski definition) is 4. The Kier molecular flexibility index (Phi) is 5.60. The number of azo groups is 1. The SMILES string of the molecule is S=C1N=NC(CSc2nc(-c3ccccc3)cn2-c2ccccc2)N1c1ccccc1. The third-order valence-electron chi connectivity index (χ3n) is 4.95. The Morgan fingerprint density at radius 2 is 1.42 bits per heavy atom. The molecule has 0 N–H and O–H groups in total. The van der Waals surface area contributed by atoms with E-state index in [9.17, 15) is 0 Å². The number of rotatable bonds is 6. The molecule has 152 valence electrons. The van der Waals surface area contributed by atoms with Crippen LogP contribution in [-0.2, 0) is 0 Å². The number of aromatic nitrogens is 2. The Morgan fingerprint density at radius 3 is 2.10 bits per heavy atom. The Morgan fingerprint density at radius 1 is 0.806 bits per heavy atom. The molecule has 0 bridgehead atoms. The zero-order chi connectivity index (χ0) is 21.0. The summed E-state index contributed by atoms with van der Waals surface area (Å²) in [7, 11) is 0. The van der Waals surface area contributed by atoms with Gasteiger partial charge in [0.25, 0.3) is 0 Å². The van der Waals surface area contributed by atoms with Gasteiger partial charge >= 0.3 is 0 Å². The predicted octanol–water partition coefficient (Wildman–Crippen LogP) is 6.21. The molecule has 3 aromatic carbocycles. The maximum atomic E-state index is 5.44. The van der Waals surface area contributed by atoms with Crippen molar-refractivity contribution in [2.75, 3.05) is 10.7 Å². The van der Waals surface area contributed by atoms with Crippen LogP contribution in [0.25, 0.3) is 16.9 Å². The first-order valence-corrected chi connectivity index (χ1v) is 11.3. The van der Waals surface area contributed by atoms with E-state index in [-0.39, 0.29) is 6.17 Å². The smallest absolute Gasteiger partial charge is 0.222 e. The summed E-state index contributed by atoms with van der Waals surface area (Å²) in [5.74, 6) is 0.677. The highest BCUT2D eigenvalue weighted by Gasteiger charge is 2.28. The maximum Gasteiger partial charge on any atom is 0.222 e. The molecule has 0 amide bonds. The van der Waals surface area contributed by atoms with Crippen LogP contribution < -0.4 is 4.90 Å². The van der Waals surface area contributed by atoms with E-state index in [4.69, 9.17) is 17.2 Å². The van der Waals surface area contributed by atoms with Crippen molar-refractivity contribution in [3.8, 4) is 16.9 Å². The minimum absolute atomic E-state index is 0.166. The number of imidazole rings is 1. The third kappa shape index (κ3) is 4.15. The Hall–Kier alpha value is -3.29. The molecule has 1 atom stereocenters. The van der Waals surface area contributed by atoms with Gasteiger partial charge in [0, 0.05) is 28.9 Å². The van der Waals surface area contributed by atoms with E-state index in [1.807, 2.05) is 71.6 Å². The van der Waals surface area contributed by atoms with E-state index in [1.165, 1.54) is 0 Å². The van der Waals surface area contributed by atoms with Crippen molar-refractivity contribution in [3.63, 3.8) is 0 Å². The second-order valence-electron chi connectivity index (χ2n) is 6.98. The summed E-state index contributed by atoms with van der Waals surface area (Å²) >= 11 is 7.09. The fraction of sp³-hybridized carbons (Fsp3) is 0.0833. The minimum Gasteiger partial charge on any atom is -0.294 e. The molecule has 1 aliphatic rings. The van der Waals surface area contributed by atoms with Gasteiger partial charge in [-0.2, -0.15) is 5.11 Å². The Balaban J connectivity index is 1.44. The normalized spacial score (nSPS) is 15.5. The lowest BCUT2D eigenvalue weighted by Crippen LogP contribution is -2.34. The number of benzene rings is 3. The first-order valence-electron chi connectivity index (χ1n) is 9.92. The van der Waals surface area contributed by atoms with Crippen LogP contribution in [0.2, 0.25) is 0 Å². The van der Waals surface area contributed by atoms with E-state index < -0.39 is 0 Å². The zero-order valence-electron chi connectivity index (χ0n) is 16.6. The average Bonchev–Trinajstić information content (AvgIpc) is 3.43. The van der Waals surface area contributed by atoms with Crippen LogP contribution in [0, 0.1) is 0 Å². The molecule has 1 unspecified atom stereocenters. The number of anilines is 1. The summed E-state index contributed by atoms with van der Waals surface area (Å²) in [6, 6.07) is 30.5. The second kappa shape index (κ2) is 8.83. The van der Waals surface area contributed by atoms with Crippen molar-refractivity contribution in [1.29, 1.82) is 0 Å². The highest BCUT2D eigenvalue weighted by atomic mass is 32.2. The molecule has 31 heavy (non-hydrogen) atoms. The van der Waals surface area contributed by atoms with Gasteiger partial charge in [0.2, 0.25) is 5.11 Å². The van der Waals surface area contributed by atoms with Crippen LogP contribution in [0.3, 0.4) is 0 Å². The number of para-hydroxylation sites is 2. The van der Waals surface area contributed by atoms with Crippen molar-refractivity contribution in [2.24, 2.45) is 10.2 Å². The van der Waals surface area contributed by atoms with E-state index in [0.717, 1.165) is 27.8 Å². The highest BCUT2D eigenvalue weighted by Crippen LogP contribution is 2.31. The molecule has 1 aliphatic heterocycles. The molecule has 7 heteroatoms. The van der Waals surface area contributed by atoms with Crippen molar-refractivity contribution in [3.05, 3.63) is 97.2 Å². The van der Waals surface area contributed by atoms with E-state index >= 15 is 0 Å². The summed E-state index contributed by atoms with van der Waals surface area (Å²) in [5.41, 5.74) is 4.10. The highest BCUT2D eigenvalue weighted by molar-refractivity contribution is 7.99. The van der Waals surface area contributed by atoms with Crippen LogP contribution in [0.5, 0.6) is 0 Å². The summed E-state index contributed by atoms with van der Waals surface area (Å²) in [6.45, 7) is 0. The largest absolute Gasteiger partial charge is 0.294 e. The zero-order valence-corrected chi connectivity index (χ0v) is 18.2. The molecule has 0 radical (unpaired) electrons. The van der Waals surface area contributed by atoms with E-state index in [1.54, 1.807) is 11.8 Å². The third-order valence-corrected chi connectivity index (χ3v) is 6.24. The lowest BCUT2D eigenvalue weighted by molar-refractivity contribution is 0.787. The standard InChI is InChI=1S/C24H19N5S2/c30-23-27-26-22(29(23)20-14-8-3-9-15-20)17-31-24-25-21(18-10-4-1-5-11-18)16-28(24)19-12-6-2-7-13-19/h1-16,22H,17H2. The number of nitrogens with zero attached hydrogens (tertiary/aromatic N) is 5. The molecule has 2 heterocycles. The van der Waals surface area contributed by atoms with Gasteiger partial charge < -0.3 is 0 Å². The van der Waals surface area contributed by atoms with E-state index in [2.05, 4.69) is 45.3 Å². The second-order valence-corrected chi connectivity index (χ2v) is 8.33. The summed E-state index contributed by atoms with van der Waals surface area (Å²) < 4.78 is 2.13. The van der Waals surface area contributed by atoms with Crippen LogP contribution in [-0.4, -0.2) is 26.6 Å². The fourth-order valence-electron chi connectivity index (χ4n) is 3.46. The van der Waals surface area contributed by atoms with E-state index in [0.29, 0.717) is 10.9 Å². The van der Waals surface area contributed by atoms with Crippen molar-refractivity contribution >= 4 is 34.8 Å². The van der Waals surface area contributed by atoms with Gasteiger partial charge in [0.1, 0.15) is 0 Å². The van der Waals surface area contributed by atoms with Gasteiger partial charge in [-0.05, 0) is 36.5 Å².